The van der Waals surface area contributed by atoms with Crippen LogP contribution in [-0.2, 0) is 11.3 Å². The van der Waals surface area contributed by atoms with Gasteiger partial charge in [-0.25, -0.2) is 0 Å². The SMILES string of the molecule is CC(C)OCCNCCn1ccccc1=O. The fourth-order valence-electron chi connectivity index (χ4n) is 1.34. The van der Waals surface area contributed by atoms with E-state index in [9.17, 15) is 4.79 Å². The van der Waals surface area contributed by atoms with E-state index in [1.165, 1.54) is 0 Å². The van der Waals surface area contributed by atoms with Gasteiger partial charge in [-0.2, -0.15) is 0 Å². The number of hydrogen-bond donors (Lipinski definition) is 1. The van der Waals surface area contributed by atoms with Crippen molar-refractivity contribution in [1.82, 2.24) is 9.88 Å². The number of ether oxygens (including phenoxy) is 1. The monoisotopic (exact) mass is 224 g/mol. The van der Waals surface area contributed by atoms with Crippen molar-refractivity contribution in [3.8, 4) is 0 Å². The minimum atomic E-state index is 0.0442. The lowest BCUT2D eigenvalue weighted by Crippen LogP contribution is -2.28. The highest BCUT2D eigenvalue weighted by Gasteiger charge is 1.94. The van der Waals surface area contributed by atoms with Crippen molar-refractivity contribution < 1.29 is 4.74 Å². The molecule has 0 aromatic carbocycles. The van der Waals surface area contributed by atoms with Crippen LogP contribution >= 0.6 is 0 Å². The van der Waals surface area contributed by atoms with Gasteiger partial charge in [0.2, 0.25) is 0 Å². The third-order valence-corrected chi connectivity index (χ3v) is 2.16. The lowest BCUT2D eigenvalue weighted by molar-refractivity contribution is 0.0808. The highest BCUT2D eigenvalue weighted by molar-refractivity contribution is 4.93. The molecule has 0 aliphatic rings. The van der Waals surface area contributed by atoms with Crippen molar-refractivity contribution in [1.29, 1.82) is 0 Å². The molecule has 0 atom stereocenters. The fraction of sp³-hybridized carbons (Fsp3) is 0.583. The van der Waals surface area contributed by atoms with E-state index in [2.05, 4.69) is 5.32 Å². The van der Waals surface area contributed by atoms with E-state index in [0.29, 0.717) is 13.2 Å². The summed E-state index contributed by atoms with van der Waals surface area (Å²) in [5, 5.41) is 3.23. The molecule has 0 radical (unpaired) electrons. The Balaban J connectivity index is 2.12. The zero-order chi connectivity index (χ0) is 11.8. The predicted octanol–water partition coefficient (Wildman–Crippen LogP) is 0.863. The highest BCUT2D eigenvalue weighted by Crippen LogP contribution is 1.85. The molecule has 1 N–H and O–H groups in total. The summed E-state index contributed by atoms with van der Waals surface area (Å²) in [6.07, 6.45) is 2.08. The van der Waals surface area contributed by atoms with Crippen LogP contribution in [0.2, 0.25) is 0 Å². The number of pyridine rings is 1. The Bertz CT molecular complexity index is 347. The summed E-state index contributed by atoms with van der Waals surface area (Å²) in [6, 6.07) is 5.19. The molecule has 0 saturated heterocycles. The van der Waals surface area contributed by atoms with Crippen LogP contribution in [0.3, 0.4) is 0 Å². The molecule has 4 heteroatoms. The first-order valence-electron chi connectivity index (χ1n) is 5.68. The van der Waals surface area contributed by atoms with Crippen LogP contribution in [0.4, 0.5) is 0 Å². The van der Waals surface area contributed by atoms with Crippen LogP contribution in [0, 0.1) is 0 Å². The number of hydrogen-bond acceptors (Lipinski definition) is 3. The molecule has 0 saturated carbocycles. The van der Waals surface area contributed by atoms with Gasteiger partial charge >= 0.3 is 0 Å². The first-order valence-corrected chi connectivity index (χ1v) is 5.68. The van der Waals surface area contributed by atoms with Crippen LogP contribution in [0.25, 0.3) is 0 Å². The third-order valence-electron chi connectivity index (χ3n) is 2.16. The molecule has 0 amide bonds. The molecule has 0 aliphatic carbocycles. The van der Waals surface area contributed by atoms with Crippen molar-refractivity contribution in [3.63, 3.8) is 0 Å². The van der Waals surface area contributed by atoms with E-state index >= 15 is 0 Å². The quantitative estimate of drug-likeness (QED) is 0.699. The van der Waals surface area contributed by atoms with Gasteiger partial charge in [-0.1, -0.05) is 6.07 Å². The molecule has 0 bridgehead atoms. The molecular formula is C12H20N2O2. The van der Waals surface area contributed by atoms with Gasteiger partial charge in [-0.05, 0) is 19.9 Å². The van der Waals surface area contributed by atoms with E-state index in [-0.39, 0.29) is 11.7 Å². The summed E-state index contributed by atoms with van der Waals surface area (Å²) in [7, 11) is 0. The third kappa shape index (κ3) is 5.09. The summed E-state index contributed by atoms with van der Waals surface area (Å²) in [5.74, 6) is 0. The second-order valence-corrected chi connectivity index (χ2v) is 3.90. The number of nitrogens with zero attached hydrogens (tertiary/aromatic N) is 1. The van der Waals surface area contributed by atoms with Gasteiger partial charge in [-0.15, -0.1) is 0 Å². The molecule has 0 spiro atoms. The molecule has 1 rings (SSSR count). The lowest BCUT2D eigenvalue weighted by atomic mass is 10.4. The second kappa shape index (κ2) is 7.19. The van der Waals surface area contributed by atoms with E-state index in [1.807, 2.05) is 19.9 Å². The van der Waals surface area contributed by atoms with Crippen LogP contribution in [0.5, 0.6) is 0 Å². The predicted molar refractivity (Wildman–Crippen MR) is 64.7 cm³/mol. The highest BCUT2D eigenvalue weighted by atomic mass is 16.5. The fourth-order valence-corrected chi connectivity index (χ4v) is 1.34. The Hall–Kier alpha value is -1.13. The van der Waals surface area contributed by atoms with Gasteiger partial charge in [0.05, 0.1) is 12.7 Å². The molecule has 0 aliphatic heterocycles. The summed E-state index contributed by atoms with van der Waals surface area (Å²) < 4.78 is 7.08. The number of aromatic nitrogens is 1. The Labute approximate surface area is 96.2 Å². The van der Waals surface area contributed by atoms with Crippen LogP contribution in [0.15, 0.2) is 29.2 Å². The average Bonchev–Trinajstić information content (AvgIpc) is 2.25. The van der Waals surface area contributed by atoms with Gasteiger partial charge in [0.1, 0.15) is 0 Å². The van der Waals surface area contributed by atoms with Gasteiger partial charge in [0, 0.05) is 31.9 Å². The minimum Gasteiger partial charge on any atom is -0.377 e. The zero-order valence-corrected chi connectivity index (χ0v) is 9.98. The normalized spacial score (nSPS) is 10.9. The van der Waals surface area contributed by atoms with E-state index in [0.717, 1.165) is 13.1 Å². The molecule has 1 aromatic rings. The van der Waals surface area contributed by atoms with Crippen molar-refractivity contribution in [2.24, 2.45) is 0 Å². The summed E-state index contributed by atoms with van der Waals surface area (Å²) in [5.41, 5.74) is 0.0442. The van der Waals surface area contributed by atoms with Crippen LogP contribution in [0.1, 0.15) is 13.8 Å². The standard InChI is InChI=1S/C12H20N2O2/c1-11(2)16-10-7-13-6-9-14-8-4-3-5-12(14)15/h3-5,8,11,13H,6-7,9-10H2,1-2H3. The first-order chi connectivity index (χ1) is 7.70. The molecule has 0 fully saturated rings. The maximum absolute atomic E-state index is 11.3. The Kier molecular flexibility index (Phi) is 5.82. The maximum Gasteiger partial charge on any atom is 0.250 e. The summed E-state index contributed by atoms with van der Waals surface area (Å²) in [4.78, 5) is 11.3. The zero-order valence-electron chi connectivity index (χ0n) is 9.98. The van der Waals surface area contributed by atoms with Gasteiger partial charge < -0.3 is 14.6 Å². The van der Waals surface area contributed by atoms with E-state index in [1.54, 1.807) is 22.9 Å². The second-order valence-electron chi connectivity index (χ2n) is 3.90. The van der Waals surface area contributed by atoms with Crippen molar-refractivity contribution in [2.45, 2.75) is 26.5 Å². The molecule has 1 aromatic heterocycles. The maximum atomic E-state index is 11.3. The molecule has 90 valence electrons. The van der Waals surface area contributed by atoms with Crippen molar-refractivity contribution in [2.75, 3.05) is 19.7 Å². The molecule has 1 heterocycles. The Morgan fingerprint density at radius 2 is 2.19 bits per heavy atom. The topological polar surface area (TPSA) is 43.3 Å². The smallest absolute Gasteiger partial charge is 0.250 e. The average molecular weight is 224 g/mol. The van der Waals surface area contributed by atoms with E-state index in [4.69, 9.17) is 4.74 Å². The van der Waals surface area contributed by atoms with Gasteiger partial charge in [0.15, 0.2) is 0 Å². The van der Waals surface area contributed by atoms with Crippen LogP contribution < -0.4 is 10.9 Å². The van der Waals surface area contributed by atoms with E-state index < -0.39 is 0 Å². The summed E-state index contributed by atoms with van der Waals surface area (Å²) >= 11 is 0. The Morgan fingerprint density at radius 1 is 1.38 bits per heavy atom. The van der Waals surface area contributed by atoms with Gasteiger partial charge in [-0.3, -0.25) is 4.79 Å². The van der Waals surface area contributed by atoms with Crippen molar-refractivity contribution >= 4 is 0 Å². The Morgan fingerprint density at radius 3 is 2.88 bits per heavy atom. The lowest BCUT2D eigenvalue weighted by Gasteiger charge is -2.09. The van der Waals surface area contributed by atoms with Crippen molar-refractivity contribution in [3.05, 3.63) is 34.7 Å². The molecule has 0 unspecified atom stereocenters. The number of rotatable bonds is 7. The van der Waals surface area contributed by atoms with Gasteiger partial charge in [0.25, 0.3) is 5.56 Å². The van der Waals surface area contributed by atoms with Crippen LogP contribution in [-0.4, -0.2) is 30.4 Å². The number of nitrogens with one attached hydrogen (secondary N) is 1. The molecular weight excluding hydrogens is 204 g/mol. The molecule has 16 heavy (non-hydrogen) atoms. The largest absolute Gasteiger partial charge is 0.377 e. The first kappa shape index (κ1) is 12.9. The summed E-state index contributed by atoms with van der Waals surface area (Å²) in [6.45, 7) is 7.04. The minimum absolute atomic E-state index is 0.0442. The molecule has 4 nitrogen and oxygen atoms in total.